The highest BCUT2D eigenvalue weighted by molar-refractivity contribution is 7.83. The Morgan fingerprint density at radius 1 is 1.48 bits per heavy atom. The van der Waals surface area contributed by atoms with Gasteiger partial charge in [0.05, 0.1) is 6.07 Å². The molecule has 1 unspecified atom stereocenters. The minimum Gasteiger partial charge on any atom is -0.325 e. The van der Waals surface area contributed by atoms with Crippen LogP contribution < -0.4 is 5.32 Å². The summed E-state index contributed by atoms with van der Waals surface area (Å²) < 4.78 is 11.3. The van der Waals surface area contributed by atoms with Gasteiger partial charge in [-0.05, 0) is 36.6 Å². The number of amides is 1. The molecule has 6 heteroatoms. The van der Waals surface area contributed by atoms with Gasteiger partial charge in [0.25, 0.3) is 0 Å². The lowest BCUT2D eigenvalue weighted by Gasteiger charge is -2.19. The summed E-state index contributed by atoms with van der Waals surface area (Å²) in [5, 5.41) is 12.6. The zero-order chi connectivity index (χ0) is 15.5. The fourth-order valence-corrected chi connectivity index (χ4v) is 3.54. The number of carbonyl (C=O) groups excluding carboxylic acids is 1. The van der Waals surface area contributed by atoms with E-state index in [-0.39, 0.29) is 5.91 Å². The van der Waals surface area contributed by atoms with E-state index in [9.17, 15) is 14.3 Å². The third-order valence-electron chi connectivity index (χ3n) is 3.77. The predicted octanol–water partition coefficient (Wildman–Crippen LogP) is 3.24. The van der Waals surface area contributed by atoms with Crippen LogP contribution in [0, 0.1) is 16.7 Å². The van der Waals surface area contributed by atoms with Crippen molar-refractivity contribution in [2.45, 2.75) is 31.4 Å². The van der Waals surface area contributed by atoms with Crippen LogP contribution in [0.1, 0.15) is 31.2 Å². The number of rotatable bonds is 4. The van der Waals surface area contributed by atoms with Crippen LogP contribution >= 0.6 is 11.6 Å². The fraction of sp³-hybridized carbons (Fsp3) is 0.467. The molecular formula is C15H17ClN2O2S. The lowest BCUT2D eigenvalue weighted by Crippen LogP contribution is -2.32. The Labute approximate surface area is 131 Å². The molecule has 1 aliphatic rings. The molecule has 112 valence electrons. The van der Waals surface area contributed by atoms with Gasteiger partial charge in [0.2, 0.25) is 5.91 Å². The van der Waals surface area contributed by atoms with Gasteiger partial charge in [-0.3, -0.25) is 9.00 Å². The first kappa shape index (κ1) is 16.0. The Hall–Kier alpha value is -1.38. The lowest BCUT2D eigenvalue weighted by molar-refractivity contribution is -0.122. The molecule has 0 bridgehead atoms. The lowest BCUT2D eigenvalue weighted by atomic mass is 9.87. The number of nitriles is 1. The van der Waals surface area contributed by atoms with Crippen molar-refractivity contribution in [3.05, 3.63) is 28.8 Å². The maximum absolute atomic E-state index is 12.4. The Balaban J connectivity index is 2.18. The minimum absolute atomic E-state index is 0.256. The van der Waals surface area contributed by atoms with E-state index in [1.807, 2.05) is 0 Å². The predicted molar refractivity (Wildman–Crippen MR) is 84.4 cm³/mol. The molecule has 1 amide bonds. The van der Waals surface area contributed by atoms with E-state index in [4.69, 9.17) is 11.6 Å². The number of nitrogens with one attached hydrogen (secondary N) is 1. The van der Waals surface area contributed by atoms with Crippen LogP contribution in [0.4, 0.5) is 5.69 Å². The summed E-state index contributed by atoms with van der Waals surface area (Å²) >= 11 is 6.06. The molecule has 1 atom stereocenters. The molecule has 0 aliphatic heterocycles. The fourth-order valence-electron chi connectivity index (χ4n) is 2.60. The van der Waals surface area contributed by atoms with Crippen molar-refractivity contribution in [1.82, 2.24) is 0 Å². The quantitative estimate of drug-likeness (QED) is 0.924. The van der Waals surface area contributed by atoms with E-state index in [2.05, 4.69) is 11.4 Å². The molecule has 1 aliphatic carbocycles. The second kappa shape index (κ2) is 6.59. The molecule has 0 heterocycles. The molecule has 2 rings (SSSR count). The van der Waals surface area contributed by atoms with Gasteiger partial charge in [-0.25, -0.2) is 0 Å². The standard InChI is InChI=1S/C15H17ClN2O2S/c1-21(20)9-11-8-12(4-5-13(11)16)18-14(19)15(10-17)6-2-3-7-15/h4-5,8H,2-3,6-7,9H2,1H3,(H,18,19). The average Bonchev–Trinajstić information content (AvgIpc) is 2.92. The first-order valence-electron chi connectivity index (χ1n) is 6.78. The number of carbonyl (C=O) groups is 1. The highest BCUT2D eigenvalue weighted by Gasteiger charge is 2.41. The molecule has 21 heavy (non-hydrogen) atoms. The van der Waals surface area contributed by atoms with E-state index in [1.165, 1.54) is 0 Å². The van der Waals surface area contributed by atoms with Crippen molar-refractivity contribution in [2.75, 3.05) is 11.6 Å². The molecule has 0 aromatic heterocycles. The number of anilines is 1. The minimum atomic E-state index is -1.01. The number of nitrogens with zero attached hydrogens (tertiary/aromatic N) is 1. The van der Waals surface area contributed by atoms with Crippen molar-refractivity contribution in [3.8, 4) is 6.07 Å². The van der Waals surface area contributed by atoms with Crippen molar-refractivity contribution in [2.24, 2.45) is 5.41 Å². The van der Waals surface area contributed by atoms with Gasteiger partial charge >= 0.3 is 0 Å². The normalized spacial score (nSPS) is 18.0. The first-order valence-corrected chi connectivity index (χ1v) is 8.88. The zero-order valence-corrected chi connectivity index (χ0v) is 13.4. The van der Waals surface area contributed by atoms with E-state index in [0.29, 0.717) is 29.3 Å². The van der Waals surface area contributed by atoms with E-state index in [0.717, 1.165) is 18.4 Å². The number of hydrogen-bond donors (Lipinski definition) is 1. The second-order valence-electron chi connectivity index (χ2n) is 5.38. The van der Waals surface area contributed by atoms with Gasteiger partial charge in [-0.15, -0.1) is 0 Å². The summed E-state index contributed by atoms with van der Waals surface area (Å²) in [5.74, 6) is 0.0831. The van der Waals surface area contributed by atoms with Gasteiger partial charge in [-0.1, -0.05) is 24.4 Å². The average molecular weight is 325 g/mol. The summed E-state index contributed by atoms with van der Waals surface area (Å²) in [6, 6.07) is 7.26. The van der Waals surface area contributed by atoms with E-state index >= 15 is 0 Å². The largest absolute Gasteiger partial charge is 0.325 e. The van der Waals surface area contributed by atoms with E-state index in [1.54, 1.807) is 24.5 Å². The van der Waals surface area contributed by atoms with Crippen molar-refractivity contribution < 1.29 is 9.00 Å². The second-order valence-corrected chi connectivity index (χ2v) is 7.22. The smallest absolute Gasteiger partial charge is 0.244 e. The third kappa shape index (κ3) is 3.63. The molecule has 1 aromatic carbocycles. The summed E-state index contributed by atoms with van der Waals surface area (Å²) in [4.78, 5) is 12.4. The van der Waals surface area contributed by atoms with Crippen molar-refractivity contribution >= 4 is 34.0 Å². The highest BCUT2D eigenvalue weighted by atomic mass is 35.5. The third-order valence-corrected chi connectivity index (χ3v) is 4.85. The number of halogens is 1. The van der Waals surface area contributed by atoms with Gasteiger partial charge in [0, 0.05) is 33.5 Å². The Morgan fingerprint density at radius 2 is 2.14 bits per heavy atom. The zero-order valence-electron chi connectivity index (χ0n) is 11.8. The molecule has 4 nitrogen and oxygen atoms in total. The molecule has 0 spiro atoms. The number of hydrogen-bond acceptors (Lipinski definition) is 3. The van der Waals surface area contributed by atoms with Crippen molar-refractivity contribution in [3.63, 3.8) is 0 Å². The van der Waals surface area contributed by atoms with Gasteiger partial charge in [0.15, 0.2) is 0 Å². The van der Waals surface area contributed by atoms with Crippen LogP contribution in [0.2, 0.25) is 5.02 Å². The Bertz CT molecular complexity index is 619. The SMILES string of the molecule is CS(=O)Cc1cc(NC(=O)C2(C#N)CCCC2)ccc1Cl. The highest BCUT2D eigenvalue weighted by Crippen LogP contribution is 2.38. The Kier molecular flexibility index (Phi) is 5.02. The molecule has 1 N–H and O–H groups in total. The van der Waals surface area contributed by atoms with Crippen LogP contribution in [0.3, 0.4) is 0 Å². The van der Waals surface area contributed by atoms with Gasteiger partial charge < -0.3 is 5.32 Å². The monoisotopic (exact) mass is 324 g/mol. The maximum Gasteiger partial charge on any atom is 0.244 e. The summed E-state index contributed by atoms with van der Waals surface area (Å²) in [5.41, 5.74) is 0.409. The molecule has 1 fully saturated rings. The van der Waals surface area contributed by atoms with E-state index < -0.39 is 16.2 Å². The first-order chi connectivity index (χ1) is 9.97. The van der Waals surface area contributed by atoms with Crippen LogP contribution in [-0.2, 0) is 21.3 Å². The van der Waals surface area contributed by atoms with Crippen LogP contribution in [0.15, 0.2) is 18.2 Å². The summed E-state index contributed by atoms with van der Waals surface area (Å²) in [6.07, 6.45) is 4.62. The van der Waals surface area contributed by atoms with Gasteiger partial charge in [-0.2, -0.15) is 5.26 Å². The Morgan fingerprint density at radius 3 is 2.71 bits per heavy atom. The van der Waals surface area contributed by atoms with Crippen LogP contribution in [0.5, 0.6) is 0 Å². The molecule has 0 radical (unpaired) electrons. The number of benzene rings is 1. The molecule has 0 saturated heterocycles. The van der Waals surface area contributed by atoms with Crippen LogP contribution in [-0.4, -0.2) is 16.4 Å². The summed E-state index contributed by atoms with van der Waals surface area (Å²) in [6.45, 7) is 0. The van der Waals surface area contributed by atoms with Gasteiger partial charge in [0.1, 0.15) is 5.41 Å². The van der Waals surface area contributed by atoms with Crippen LogP contribution in [0.25, 0.3) is 0 Å². The topological polar surface area (TPSA) is 70.0 Å². The maximum atomic E-state index is 12.4. The van der Waals surface area contributed by atoms with Crippen molar-refractivity contribution in [1.29, 1.82) is 5.26 Å². The molecule has 1 saturated carbocycles. The summed E-state index contributed by atoms with van der Waals surface area (Å²) in [7, 11) is -1.01. The molecular weight excluding hydrogens is 308 g/mol. The molecule has 1 aromatic rings.